The van der Waals surface area contributed by atoms with Crippen LogP contribution in [0.3, 0.4) is 0 Å². The van der Waals surface area contributed by atoms with Crippen molar-refractivity contribution >= 4 is 5.91 Å². The first-order valence-electron chi connectivity index (χ1n) is 8.53. The summed E-state index contributed by atoms with van der Waals surface area (Å²) in [7, 11) is 0. The van der Waals surface area contributed by atoms with Crippen molar-refractivity contribution in [3.8, 4) is 17.0 Å². The highest BCUT2D eigenvalue weighted by Crippen LogP contribution is 2.38. The van der Waals surface area contributed by atoms with E-state index in [4.69, 9.17) is 10.5 Å². The predicted octanol–water partition coefficient (Wildman–Crippen LogP) is 3.65. The van der Waals surface area contributed by atoms with Crippen molar-refractivity contribution in [1.82, 2.24) is 14.9 Å². The molecule has 2 N–H and O–H groups in total. The number of fused-ring (bicyclic) bond motifs is 1. The lowest BCUT2D eigenvalue weighted by atomic mass is 10.0. The van der Waals surface area contributed by atoms with Gasteiger partial charge in [-0.15, -0.1) is 0 Å². The van der Waals surface area contributed by atoms with Crippen molar-refractivity contribution in [1.29, 1.82) is 0 Å². The van der Waals surface area contributed by atoms with Crippen LogP contribution in [0.15, 0.2) is 49.1 Å². The zero-order valence-corrected chi connectivity index (χ0v) is 15.4. The number of nitrogens with two attached hydrogens (primary N) is 1. The van der Waals surface area contributed by atoms with Gasteiger partial charge < -0.3 is 10.5 Å². The molecule has 0 spiro atoms. The fourth-order valence-electron chi connectivity index (χ4n) is 3.24. The molecule has 0 fully saturated rings. The Kier molecular flexibility index (Phi) is 4.94. The number of aryl methyl sites for hydroxylation is 1. The van der Waals surface area contributed by atoms with Gasteiger partial charge in [0, 0.05) is 24.9 Å². The highest BCUT2D eigenvalue weighted by atomic mass is 19.1. The Morgan fingerprint density at radius 1 is 1.44 bits per heavy atom. The SMILES string of the molecule is C=C/C(=C\N)N1C(=O)c2c(C)cc(-c3cncc(OC(C)F)c3)nc2C1C. The molecular formula is C20H21FN4O2. The number of carbonyl (C=O) groups excluding carboxylic acids is 1. The molecule has 0 saturated heterocycles. The number of hydrogen-bond donors (Lipinski definition) is 1. The van der Waals surface area contributed by atoms with Crippen LogP contribution < -0.4 is 10.5 Å². The van der Waals surface area contributed by atoms with E-state index in [-0.39, 0.29) is 11.9 Å². The number of carbonyl (C=O) groups is 1. The van der Waals surface area contributed by atoms with Crippen molar-refractivity contribution in [2.24, 2.45) is 5.73 Å². The Morgan fingerprint density at radius 3 is 2.81 bits per heavy atom. The first-order chi connectivity index (χ1) is 12.9. The molecule has 0 aromatic carbocycles. The zero-order valence-electron chi connectivity index (χ0n) is 15.4. The van der Waals surface area contributed by atoms with Crippen LogP contribution in [0.4, 0.5) is 4.39 Å². The Balaban J connectivity index is 2.07. The maximum absolute atomic E-state index is 13.1. The van der Waals surface area contributed by atoms with Gasteiger partial charge in [-0.1, -0.05) is 6.58 Å². The molecule has 3 rings (SSSR count). The fraction of sp³-hybridized carbons (Fsp3) is 0.250. The van der Waals surface area contributed by atoms with Crippen molar-refractivity contribution in [2.75, 3.05) is 0 Å². The summed E-state index contributed by atoms with van der Waals surface area (Å²) in [6, 6.07) is 3.19. The molecule has 6 nitrogen and oxygen atoms in total. The maximum atomic E-state index is 13.1. The number of aromatic nitrogens is 2. The molecule has 0 saturated carbocycles. The molecule has 1 aliphatic heterocycles. The summed E-state index contributed by atoms with van der Waals surface area (Å²) in [5.74, 6) is 0.153. The Bertz CT molecular complexity index is 940. The van der Waals surface area contributed by atoms with Crippen molar-refractivity contribution in [3.63, 3.8) is 0 Å². The number of alkyl halides is 1. The maximum Gasteiger partial charge on any atom is 0.261 e. The van der Waals surface area contributed by atoms with Gasteiger partial charge in [-0.05, 0) is 37.6 Å². The second-order valence-electron chi connectivity index (χ2n) is 6.30. The monoisotopic (exact) mass is 368 g/mol. The molecule has 1 aliphatic rings. The number of halogens is 1. The van der Waals surface area contributed by atoms with Crippen LogP contribution in [0.1, 0.15) is 41.5 Å². The van der Waals surface area contributed by atoms with E-state index in [0.29, 0.717) is 34.0 Å². The smallest absolute Gasteiger partial charge is 0.261 e. The quantitative estimate of drug-likeness (QED) is 0.815. The van der Waals surface area contributed by atoms with Crippen LogP contribution in [0.25, 0.3) is 11.3 Å². The number of amides is 1. The minimum Gasteiger partial charge on any atom is -0.459 e. The van der Waals surface area contributed by atoms with Crippen LogP contribution in [0.2, 0.25) is 0 Å². The minimum absolute atomic E-state index is 0.160. The number of hydrogen-bond acceptors (Lipinski definition) is 5. The molecule has 0 radical (unpaired) electrons. The molecule has 2 unspecified atom stereocenters. The first kappa shape index (κ1) is 18.6. The molecule has 27 heavy (non-hydrogen) atoms. The lowest BCUT2D eigenvalue weighted by Crippen LogP contribution is -2.26. The number of nitrogens with zero attached hydrogens (tertiary/aromatic N) is 3. The number of allylic oxidation sites excluding steroid dienone is 1. The average molecular weight is 368 g/mol. The summed E-state index contributed by atoms with van der Waals surface area (Å²) in [6.45, 7) is 8.75. The summed E-state index contributed by atoms with van der Waals surface area (Å²) in [5, 5.41) is 0. The highest BCUT2D eigenvalue weighted by Gasteiger charge is 2.38. The lowest BCUT2D eigenvalue weighted by molar-refractivity contribution is 0.0800. The first-order valence-corrected chi connectivity index (χ1v) is 8.53. The lowest BCUT2D eigenvalue weighted by Gasteiger charge is -2.22. The largest absolute Gasteiger partial charge is 0.459 e. The van der Waals surface area contributed by atoms with Crippen LogP contribution >= 0.6 is 0 Å². The fourth-order valence-corrected chi connectivity index (χ4v) is 3.24. The van der Waals surface area contributed by atoms with E-state index in [1.165, 1.54) is 19.3 Å². The van der Waals surface area contributed by atoms with Gasteiger partial charge in [0.15, 0.2) is 0 Å². The van der Waals surface area contributed by atoms with Gasteiger partial charge in [-0.3, -0.25) is 14.7 Å². The molecule has 2 atom stereocenters. The van der Waals surface area contributed by atoms with Crippen LogP contribution in [-0.2, 0) is 0 Å². The van der Waals surface area contributed by atoms with E-state index >= 15 is 0 Å². The Labute approximate surface area is 157 Å². The molecule has 0 bridgehead atoms. The van der Waals surface area contributed by atoms with Crippen molar-refractivity contribution in [3.05, 3.63) is 65.9 Å². The van der Waals surface area contributed by atoms with Gasteiger partial charge in [0.05, 0.1) is 34.9 Å². The molecule has 3 heterocycles. The second kappa shape index (κ2) is 7.19. The number of ether oxygens (including phenoxy) is 1. The van der Waals surface area contributed by atoms with Crippen LogP contribution in [-0.4, -0.2) is 27.1 Å². The van der Waals surface area contributed by atoms with Crippen molar-refractivity contribution < 1.29 is 13.9 Å². The van der Waals surface area contributed by atoms with E-state index in [1.54, 1.807) is 23.2 Å². The molecule has 1 amide bonds. The summed E-state index contributed by atoms with van der Waals surface area (Å²) < 4.78 is 18.2. The van der Waals surface area contributed by atoms with Gasteiger partial charge in [-0.25, -0.2) is 9.37 Å². The zero-order chi connectivity index (χ0) is 19.7. The minimum atomic E-state index is -1.44. The number of pyridine rings is 2. The molecule has 2 aromatic heterocycles. The average Bonchev–Trinajstić information content (AvgIpc) is 2.88. The number of rotatable bonds is 5. The third kappa shape index (κ3) is 3.28. The normalized spacial score (nSPS) is 17.6. The molecular weight excluding hydrogens is 347 g/mol. The third-order valence-corrected chi connectivity index (χ3v) is 4.43. The topological polar surface area (TPSA) is 81.3 Å². The molecule has 7 heteroatoms. The van der Waals surface area contributed by atoms with E-state index in [9.17, 15) is 9.18 Å². The van der Waals surface area contributed by atoms with E-state index in [0.717, 1.165) is 5.56 Å². The van der Waals surface area contributed by atoms with Crippen LogP contribution in [0, 0.1) is 6.92 Å². The summed E-state index contributed by atoms with van der Waals surface area (Å²) in [6.07, 6.45) is 4.52. The van der Waals surface area contributed by atoms with Gasteiger partial charge in [0.1, 0.15) is 5.75 Å². The summed E-state index contributed by atoms with van der Waals surface area (Å²) in [4.78, 5) is 23.2. The van der Waals surface area contributed by atoms with Crippen molar-refractivity contribution in [2.45, 2.75) is 33.2 Å². The van der Waals surface area contributed by atoms with Crippen LogP contribution in [0.5, 0.6) is 5.75 Å². The van der Waals surface area contributed by atoms with Gasteiger partial charge >= 0.3 is 0 Å². The van der Waals surface area contributed by atoms with Gasteiger partial charge in [0.25, 0.3) is 5.91 Å². The Hall–Kier alpha value is -3.22. The highest BCUT2D eigenvalue weighted by molar-refractivity contribution is 6.01. The Morgan fingerprint density at radius 2 is 2.19 bits per heavy atom. The predicted molar refractivity (Wildman–Crippen MR) is 100 cm³/mol. The van der Waals surface area contributed by atoms with E-state index in [1.807, 2.05) is 19.9 Å². The molecule has 2 aromatic rings. The standard InChI is InChI=1S/C20H21FN4O2/c1-5-15(8-22)25-12(3)19-18(20(25)26)11(2)6-17(24-19)14-7-16(10-23-9-14)27-13(4)21/h5-10,12-13H,1,22H2,2-4H3/b15-8+. The van der Waals surface area contributed by atoms with E-state index < -0.39 is 6.36 Å². The van der Waals surface area contributed by atoms with Gasteiger partial charge in [-0.2, -0.15) is 0 Å². The summed E-state index contributed by atoms with van der Waals surface area (Å²) >= 11 is 0. The third-order valence-electron chi connectivity index (χ3n) is 4.43. The summed E-state index contributed by atoms with van der Waals surface area (Å²) in [5.41, 5.74) is 9.48. The second-order valence-corrected chi connectivity index (χ2v) is 6.30. The molecule has 0 aliphatic carbocycles. The molecule has 140 valence electrons. The van der Waals surface area contributed by atoms with E-state index in [2.05, 4.69) is 16.5 Å². The van der Waals surface area contributed by atoms with Gasteiger partial charge in [0.2, 0.25) is 6.36 Å².